The molecule has 0 aliphatic carbocycles. The molecule has 0 bridgehead atoms. The maximum absolute atomic E-state index is 14.5. The summed E-state index contributed by atoms with van der Waals surface area (Å²) >= 11 is 0. The molecule has 0 amide bonds. The van der Waals surface area contributed by atoms with E-state index in [1.54, 1.807) is 6.92 Å². The van der Waals surface area contributed by atoms with Crippen molar-refractivity contribution < 1.29 is 22.3 Å². The van der Waals surface area contributed by atoms with Crippen LogP contribution in [-0.4, -0.2) is 12.9 Å². The molecule has 0 saturated carbocycles. The number of halogens is 4. The molecule has 0 aliphatic rings. The smallest absolute Gasteiger partial charge is 0.405 e. The zero-order valence-electron chi connectivity index (χ0n) is 9.93. The number of benzene rings is 1. The van der Waals surface area contributed by atoms with Crippen LogP contribution >= 0.6 is 0 Å². The van der Waals surface area contributed by atoms with Crippen molar-refractivity contribution in [2.45, 2.75) is 31.8 Å². The molecule has 1 aromatic carbocycles. The Hall–Kier alpha value is -1.30. The fourth-order valence-corrected chi connectivity index (χ4v) is 1.79. The largest absolute Gasteiger partial charge is 0.573 e. The molecule has 0 fully saturated rings. The SMILES string of the molecule is CCCC(F)(CN)c1ccccc1OC(F)(F)F. The molecule has 102 valence electrons. The lowest BCUT2D eigenvalue weighted by molar-refractivity contribution is -0.275. The van der Waals surface area contributed by atoms with E-state index in [0.29, 0.717) is 6.42 Å². The molecule has 0 heterocycles. The fourth-order valence-electron chi connectivity index (χ4n) is 1.79. The van der Waals surface area contributed by atoms with Gasteiger partial charge in [-0.05, 0) is 12.5 Å². The van der Waals surface area contributed by atoms with Gasteiger partial charge in [-0.15, -0.1) is 13.2 Å². The highest BCUT2D eigenvalue weighted by Crippen LogP contribution is 2.38. The average Bonchev–Trinajstić information content (AvgIpc) is 2.28. The number of nitrogens with two attached hydrogens (primary N) is 1. The Morgan fingerprint density at radius 3 is 2.28 bits per heavy atom. The van der Waals surface area contributed by atoms with Crippen molar-refractivity contribution in [3.63, 3.8) is 0 Å². The van der Waals surface area contributed by atoms with Gasteiger partial charge in [0.25, 0.3) is 0 Å². The van der Waals surface area contributed by atoms with Gasteiger partial charge in [0, 0.05) is 12.1 Å². The first-order valence-corrected chi connectivity index (χ1v) is 5.56. The van der Waals surface area contributed by atoms with E-state index in [0.717, 1.165) is 6.07 Å². The van der Waals surface area contributed by atoms with Gasteiger partial charge in [-0.2, -0.15) is 0 Å². The minimum absolute atomic E-state index is 0.0434. The molecular weight excluding hydrogens is 250 g/mol. The Morgan fingerprint density at radius 2 is 1.78 bits per heavy atom. The summed E-state index contributed by atoms with van der Waals surface area (Å²) in [7, 11) is 0. The second-order valence-corrected chi connectivity index (χ2v) is 3.96. The van der Waals surface area contributed by atoms with Crippen molar-refractivity contribution in [2.75, 3.05) is 6.54 Å². The van der Waals surface area contributed by atoms with Crippen LogP contribution in [0.3, 0.4) is 0 Å². The van der Waals surface area contributed by atoms with E-state index in [2.05, 4.69) is 4.74 Å². The van der Waals surface area contributed by atoms with Gasteiger partial charge < -0.3 is 10.5 Å². The molecule has 0 radical (unpaired) electrons. The summed E-state index contributed by atoms with van der Waals surface area (Å²) in [6.07, 6.45) is -4.34. The lowest BCUT2D eigenvalue weighted by Gasteiger charge is -2.26. The molecule has 1 unspecified atom stereocenters. The summed E-state index contributed by atoms with van der Waals surface area (Å²) in [5.41, 5.74) is 3.18. The third-order valence-corrected chi connectivity index (χ3v) is 2.57. The van der Waals surface area contributed by atoms with Crippen LogP contribution in [-0.2, 0) is 5.67 Å². The topological polar surface area (TPSA) is 35.2 Å². The van der Waals surface area contributed by atoms with E-state index in [9.17, 15) is 17.6 Å². The van der Waals surface area contributed by atoms with Gasteiger partial charge in [-0.1, -0.05) is 31.5 Å². The van der Waals surface area contributed by atoms with Gasteiger partial charge in [0.15, 0.2) is 5.67 Å². The maximum Gasteiger partial charge on any atom is 0.573 e. The van der Waals surface area contributed by atoms with Crippen molar-refractivity contribution in [1.29, 1.82) is 0 Å². The number of para-hydroxylation sites is 1. The summed E-state index contributed by atoms with van der Waals surface area (Å²) in [4.78, 5) is 0. The van der Waals surface area contributed by atoms with Crippen molar-refractivity contribution >= 4 is 0 Å². The summed E-state index contributed by atoms with van der Waals surface area (Å²) in [6.45, 7) is 1.34. The van der Waals surface area contributed by atoms with E-state index < -0.39 is 17.8 Å². The number of alkyl halides is 4. The molecule has 0 aromatic heterocycles. The molecule has 0 spiro atoms. The highest BCUT2D eigenvalue weighted by molar-refractivity contribution is 5.38. The zero-order chi connectivity index (χ0) is 13.8. The van der Waals surface area contributed by atoms with Crippen LogP contribution in [0.25, 0.3) is 0 Å². The fraction of sp³-hybridized carbons (Fsp3) is 0.500. The molecule has 0 saturated heterocycles. The van der Waals surface area contributed by atoms with Gasteiger partial charge in [0.2, 0.25) is 0 Å². The van der Waals surface area contributed by atoms with Crippen LogP contribution in [0.15, 0.2) is 24.3 Å². The van der Waals surface area contributed by atoms with Crippen LogP contribution in [0, 0.1) is 0 Å². The Kier molecular flexibility index (Phi) is 4.56. The lowest BCUT2D eigenvalue weighted by atomic mass is 9.90. The highest BCUT2D eigenvalue weighted by Gasteiger charge is 2.37. The molecule has 2 N–H and O–H groups in total. The summed E-state index contributed by atoms with van der Waals surface area (Å²) < 4.78 is 55.0. The second kappa shape index (κ2) is 5.56. The second-order valence-electron chi connectivity index (χ2n) is 3.96. The normalized spacial score (nSPS) is 15.2. The molecule has 18 heavy (non-hydrogen) atoms. The Labute approximate surface area is 103 Å². The van der Waals surface area contributed by atoms with Crippen molar-refractivity contribution in [1.82, 2.24) is 0 Å². The van der Waals surface area contributed by atoms with Crippen molar-refractivity contribution in [2.24, 2.45) is 5.73 Å². The monoisotopic (exact) mass is 265 g/mol. The Bertz CT molecular complexity index is 394. The Balaban J connectivity index is 3.15. The van der Waals surface area contributed by atoms with Crippen LogP contribution in [0.2, 0.25) is 0 Å². The summed E-state index contributed by atoms with van der Waals surface area (Å²) in [5, 5.41) is 0. The van der Waals surface area contributed by atoms with Crippen molar-refractivity contribution in [3.8, 4) is 5.75 Å². The van der Waals surface area contributed by atoms with Gasteiger partial charge in [0.05, 0.1) is 0 Å². The first kappa shape index (κ1) is 14.8. The number of rotatable bonds is 5. The molecule has 1 atom stereocenters. The van der Waals surface area contributed by atoms with E-state index in [4.69, 9.17) is 5.73 Å². The van der Waals surface area contributed by atoms with Crippen LogP contribution < -0.4 is 10.5 Å². The number of hydrogen-bond donors (Lipinski definition) is 1. The molecule has 1 rings (SSSR count). The summed E-state index contributed by atoms with van der Waals surface area (Å²) in [6, 6.07) is 5.16. The predicted octanol–water partition coefficient (Wildman–Crippen LogP) is 3.51. The van der Waals surface area contributed by atoms with Crippen LogP contribution in [0.5, 0.6) is 5.75 Å². The lowest BCUT2D eigenvalue weighted by Crippen LogP contribution is -2.31. The zero-order valence-corrected chi connectivity index (χ0v) is 9.93. The third kappa shape index (κ3) is 3.60. The average molecular weight is 265 g/mol. The number of hydrogen-bond acceptors (Lipinski definition) is 2. The van der Waals surface area contributed by atoms with Gasteiger partial charge >= 0.3 is 6.36 Å². The molecule has 0 aliphatic heterocycles. The quantitative estimate of drug-likeness (QED) is 0.827. The number of ether oxygens (including phenoxy) is 1. The Morgan fingerprint density at radius 1 is 1.17 bits per heavy atom. The van der Waals surface area contributed by atoms with Crippen LogP contribution in [0.1, 0.15) is 25.3 Å². The predicted molar refractivity (Wildman–Crippen MR) is 59.9 cm³/mol. The maximum atomic E-state index is 14.5. The van der Waals surface area contributed by atoms with Gasteiger partial charge in [-0.3, -0.25) is 0 Å². The summed E-state index contributed by atoms with van der Waals surface area (Å²) in [5.74, 6) is -0.536. The van der Waals surface area contributed by atoms with E-state index in [1.807, 2.05) is 0 Å². The molecule has 6 heteroatoms. The standard InChI is InChI=1S/C12H15F4NO/c1-2-7-11(13,8-17)9-5-3-4-6-10(9)18-12(14,15)16/h3-6H,2,7-8,17H2,1H3. The first-order chi connectivity index (χ1) is 8.32. The highest BCUT2D eigenvalue weighted by atomic mass is 19.4. The van der Waals surface area contributed by atoms with Gasteiger partial charge in [-0.25, -0.2) is 4.39 Å². The molecule has 1 aromatic rings. The van der Waals surface area contributed by atoms with E-state index in [1.165, 1.54) is 18.2 Å². The molecular formula is C12H15F4NO. The first-order valence-electron chi connectivity index (χ1n) is 5.56. The van der Waals surface area contributed by atoms with E-state index in [-0.39, 0.29) is 18.5 Å². The van der Waals surface area contributed by atoms with Crippen LogP contribution in [0.4, 0.5) is 17.6 Å². The van der Waals surface area contributed by atoms with Gasteiger partial charge in [0.1, 0.15) is 5.75 Å². The molecule has 2 nitrogen and oxygen atoms in total. The van der Waals surface area contributed by atoms with Crippen molar-refractivity contribution in [3.05, 3.63) is 29.8 Å². The van der Waals surface area contributed by atoms with E-state index >= 15 is 0 Å². The minimum atomic E-state index is -4.85. The minimum Gasteiger partial charge on any atom is -0.405 e. The third-order valence-electron chi connectivity index (χ3n) is 2.57.